The Kier molecular flexibility index (Phi) is 5.93. The number of benzene rings is 2. The predicted octanol–water partition coefficient (Wildman–Crippen LogP) is 3.64. The lowest BCUT2D eigenvalue weighted by Crippen LogP contribution is -2.22. The van der Waals surface area contributed by atoms with Gasteiger partial charge in [-0.2, -0.15) is 0 Å². The average molecular weight is 350 g/mol. The zero-order valence-corrected chi connectivity index (χ0v) is 14.9. The summed E-state index contributed by atoms with van der Waals surface area (Å²) >= 11 is 6.29. The van der Waals surface area contributed by atoms with Gasteiger partial charge in [0.1, 0.15) is 12.4 Å². The SMILES string of the molecule is COc1cccc(COc2c(OC)cccc2C(=O)N(C)C)c1Cl. The van der Waals surface area contributed by atoms with E-state index in [0.717, 1.165) is 5.56 Å². The fraction of sp³-hybridized carbons (Fsp3) is 0.278. The average Bonchev–Trinajstić information content (AvgIpc) is 2.59. The molecule has 0 aliphatic rings. The van der Waals surface area contributed by atoms with E-state index in [4.69, 9.17) is 25.8 Å². The van der Waals surface area contributed by atoms with Crippen LogP contribution in [0.1, 0.15) is 15.9 Å². The highest BCUT2D eigenvalue weighted by Crippen LogP contribution is 2.34. The van der Waals surface area contributed by atoms with Gasteiger partial charge in [-0.25, -0.2) is 0 Å². The van der Waals surface area contributed by atoms with E-state index in [1.807, 2.05) is 12.1 Å². The summed E-state index contributed by atoms with van der Waals surface area (Å²) in [7, 11) is 6.46. The number of para-hydroxylation sites is 1. The van der Waals surface area contributed by atoms with Crippen molar-refractivity contribution < 1.29 is 19.0 Å². The second-order valence-corrected chi connectivity index (χ2v) is 5.64. The number of carbonyl (C=O) groups is 1. The summed E-state index contributed by atoms with van der Waals surface area (Å²) in [5, 5.41) is 0.482. The van der Waals surface area contributed by atoms with Crippen LogP contribution in [-0.4, -0.2) is 39.1 Å². The molecule has 0 aliphatic heterocycles. The molecule has 0 radical (unpaired) electrons. The van der Waals surface area contributed by atoms with E-state index in [2.05, 4.69) is 0 Å². The minimum atomic E-state index is -0.166. The molecule has 0 atom stereocenters. The number of ether oxygens (including phenoxy) is 3. The van der Waals surface area contributed by atoms with Crippen molar-refractivity contribution in [3.05, 3.63) is 52.5 Å². The zero-order valence-electron chi connectivity index (χ0n) is 14.1. The number of amides is 1. The number of carbonyl (C=O) groups excluding carboxylic acids is 1. The minimum absolute atomic E-state index is 0.166. The first-order valence-electron chi connectivity index (χ1n) is 7.32. The molecular weight excluding hydrogens is 330 g/mol. The van der Waals surface area contributed by atoms with Crippen LogP contribution < -0.4 is 14.2 Å². The molecular formula is C18H20ClNO4. The van der Waals surface area contributed by atoms with Gasteiger partial charge in [-0.05, 0) is 18.2 Å². The molecule has 2 rings (SSSR count). The Morgan fingerprint density at radius 3 is 2.29 bits per heavy atom. The maximum atomic E-state index is 12.4. The van der Waals surface area contributed by atoms with Gasteiger partial charge in [-0.3, -0.25) is 4.79 Å². The van der Waals surface area contributed by atoms with Gasteiger partial charge >= 0.3 is 0 Å². The van der Waals surface area contributed by atoms with Crippen molar-refractivity contribution in [1.29, 1.82) is 0 Å². The van der Waals surface area contributed by atoms with E-state index in [-0.39, 0.29) is 12.5 Å². The van der Waals surface area contributed by atoms with Crippen molar-refractivity contribution in [3.63, 3.8) is 0 Å². The number of hydrogen-bond donors (Lipinski definition) is 0. The molecule has 0 fully saturated rings. The summed E-state index contributed by atoms with van der Waals surface area (Å²) in [5.74, 6) is 1.28. The van der Waals surface area contributed by atoms with Crippen LogP contribution in [0.4, 0.5) is 0 Å². The van der Waals surface area contributed by atoms with Crippen LogP contribution in [0, 0.1) is 0 Å². The van der Waals surface area contributed by atoms with E-state index < -0.39 is 0 Å². The van der Waals surface area contributed by atoms with Gasteiger partial charge in [0, 0.05) is 19.7 Å². The Morgan fingerprint density at radius 1 is 1.04 bits per heavy atom. The third-order valence-electron chi connectivity index (χ3n) is 3.47. The van der Waals surface area contributed by atoms with Gasteiger partial charge < -0.3 is 19.1 Å². The van der Waals surface area contributed by atoms with Gasteiger partial charge in [0.25, 0.3) is 5.91 Å². The van der Waals surface area contributed by atoms with Gasteiger partial charge in [0.15, 0.2) is 11.5 Å². The molecule has 2 aromatic rings. The van der Waals surface area contributed by atoms with Crippen LogP contribution in [0.25, 0.3) is 0 Å². The molecule has 6 heteroatoms. The monoisotopic (exact) mass is 349 g/mol. The van der Waals surface area contributed by atoms with E-state index >= 15 is 0 Å². The number of halogens is 1. The van der Waals surface area contributed by atoms with Crippen molar-refractivity contribution in [2.45, 2.75) is 6.61 Å². The summed E-state index contributed by atoms with van der Waals surface area (Å²) in [6.07, 6.45) is 0. The Labute approximate surface area is 146 Å². The third kappa shape index (κ3) is 3.74. The summed E-state index contributed by atoms with van der Waals surface area (Å²) in [6, 6.07) is 10.6. The highest BCUT2D eigenvalue weighted by molar-refractivity contribution is 6.32. The predicted molar refractivity (Wildman–Crippen MR) is 93.3 cm³/mol. The topological polar surface area (TPSA) is 48.0 Å². The molecule has 0 aliphatic carbocycles. The standard InChI is InChI=1S/C18H20ClNO4/c1-20(2)18(21)13-8-6-10-15(23-4)17(13)24-11-12-7-5-9-14(22-3)16(12)19/h5-10H,11H2,1-4H3. The molecule has 5 nitrogen and oxygen atoms in total. The molecule has 0 N–H and O–H groups in total. The molecule has 2 aromatic carbocycles. The molecule has 0 bridgehead atoms. The van der Waals surface area contributed by atoms with Crippen LogP contribution in [0.15, 0.2) is 36.4 Å². The van der Waals surface area contributed by atoms with Crippen LogP contribution >= 0.6 is 11.6 Å². The lowest BCUT2D eigenvalue weighted by Gasteiger charge is -2.18. The van der Waals surface area contributed by atoms with Crippen LogP contribution in [0.2, 0.25) is 5.02 Å². The molecule has 0 saturated carbocycles. The number of hydrogen-bond acceptors (Lipinski definition) is 4. The highest BCUT2D eigenvalue weighted by Gasteiger charge is 2.19. The van der Waals surface area contributed by atoms with E-state index in [0.29, 0.717) is 27.8 Å². The quantitative estimate of drug-likeness (QED) is 0.799. The summed E-state index contributed by atoms with van der Waals surface area (Å²) in [4.78, 5) is 13.8. The first-order chi connectivity index (χ1) is 11.5. The first-order valence-corrected chi connectivity index (χ1v) is 7.70. The second kappa shape index (κ2) is 7.93. The van der Waals surface area contributed by atoms with E-state index in [1.165, 1.54) is 12.0 Å². The zero-order chi connectivity index (χ0) is 17.7. The van der Waals surface area contributed by atoms with E-state index in [1.54, 1.807) is 45.5 Å². The maximum Gasteiger partial charge on any atom is 0.257 e. The van der Waals surface area contributed by atoms with Gasteiger partial charge in [0.2, 0.25) is 0 Å². The molecule has 0 unspecified atom stereocenters. The normalized spacial score (nSPS) is 10.2. The second-order valence-electron chi connectivity index (χ2n) is 5.26. The molecule has 0 spiro atoms. The lowest BCUT2D eigenvalue weighted by atomic mass is 10.1. The summed E-state index contributed by atoms with van der Waals surface area (Å²) < 4.78 is 16.4. The Morgan fingerprint density at radius 2 is 1.67 bits per heavy atom. The van der Waals surface area contributed by atoms with Crippen LogP contribution in [-0.2, 0) is 6.61 Å². The van der Waals surface area contributed by atoms with Crippen molar-refractivity contribution in [2.24, 2.45) is 0 Å². The van der Waals surface area contributed by atoms with Crippen molar-refractivity contribution in [3.8, 4) is 17.2 Å². The Bertz CT molecular complexity index is 731. The Balaban J connectivity index is 2.34. The van der Waals surface area contributed by atoms with Crippen LogP contribution in [0.3, 0.4) is 0 Å². The first kappa shape index (κ1) is 17.9. The lowest BCUT2D eigenvalue weighted by molar-refractivity contribution is 0.0822. The van der Waals surface area contributed by atoms with Crippen molar-refractivity contribution in [2.75, 3.05) is 28.3 Å². The van der Waals surface area contributed by atoms with Crippen LogP contribution in [0.5, 0.6) is 17.2 Å². The van der Waals surface area contributed by atoms with Crippen molar-refractivity contribution in [1.82, 2.24) is 4.90 Å². The van der Waals surface area contributed by atoms with Gasteiger partial charge in [0.05, 0.1) is 24.8 Å². The number of methoxy groups -OCH3 is 2. The fourth-order valence-corrected chi connectivity index (χ4v) is 2.47. The van der Waals surface area contributed by atoms with Gasteiger partial charge in [-0.1, -0.05) is 29.8 Å². The largest absolute Gasteiger partial charge is 0.495 e. The molecule has 128 valence electrons. The number of nitrogens with zero attached hydrogens (tertiary/aromatic N) is 1. The molecule has 24 heavy (non-hydrogen) atoms. The van der Waals surface area contributed by atoms with Gasteiger partial charge in [-0.15, -0.1) is 0 Å². The maximum absolute atomic E-state index is 12.4. The third-order valence-corrected chi connectivity index (χ3v) is 3.90. The molecule has 0 saturated heterocycles. The van der Waals surface area contributed by atoms with Crippen molar-refractivity contribution >= 4 is 17.5 Å². The fourth-order valence-electron chi connectivity index (χ4n) is 2.21. The Hall–Kier alpha value is -2.40. The molecule has 1 amide bonds. The molecule has 0 heterocycles. The minimum Gasteiger partial charge on any atom is -0.495 e. The summed E-state index contributed by atoms with van der Waals surface area (Å²) in [5.41, 5.74) is 1.18. The smallest absolute Gasteiger partial charge is 0.257 e. The number of rotatable bonds is 6. The summed E-state index contributed by atoms with van der Waals surface area (Å²) in [6.45, 7) is 0.185. The van der Waals surface area contributed by atoms with E-state index in [9.17, 15) is 4.79 Å². The molecule has 0 aromatic heterocycles. The highest BCUT2D eigenvalue weighted by atomic mass is 35.5.